The second-order valence-electron chi connectivity index (χ2n) is 5.27. The summed E-state index contributed by atoms with van der Waals surface area (Å²) in [6.07, 6.45) is 0.825. The van der Waals surface area contributed by atoms with Gasteiger partial charge < -0.3 is 19.5 Å². The van der Waals surface area contributed by atoms with Crippen molar-refractivity contribution in [2.45, 2.75) is 13.3 Å². The van der Waals surface area contributed by atoms with Crippen LogP contribution < -0.4 is 19.5 Å². The lowest BCUT2D eigenvalue weighted by atomic mass is 10.1. The van der Waals surface area contributed by atoms with Crippen molar-refractivity contribution in [1.29, 1.82) is 5.26 Å². The van der Waals surface area contributed by atoms with E-state index in [9.17, 15) is 4.79 Å². The molecule has 136 valence electrons. The fraction of sp³-hybridized carbons (Fsp3) is 0.263. The number of nitrogens with zero attached hydrogens (tertiary/aromatic N) is 1. The maximum atomic E-state index is 12.5. The van der Waals surface area contributed by atoms with Crippen molar-refractivity contribution in [2.24, 2.45) is 0 Å². The molecule has 7 heteroatoms. The van der Waals surface area contributed by atoms with Gasteiger partial charge in [0.1, 0.15) is 11.8 Å². The number of rotatable bonds is 8. The Hall–Kier alpha value is -2.91. The Morgan fingerprint density at radius 3 is 2.77 bits per heavy atom. The van der Waals surface area contributed by atoms with E-state index >= 15 is 0 Å². The van der Waals surface area contributed by atoms with E-state index in [4.69, 9.17) is 31.1 Å². The number of carbonyl (C=O) groups excluding carboxylic acids is 1. The zero-order valence-electron chi connectivity index (χ0n) is 14.5. The summed E-state index contributed by atoms with van der Waals surface area (Å²) in [5, 5.41) is 11.6. The highest BCUT2D eigenvalue weighted by molar-refractivity contribution is 6.32. The lowest BCUT2D eigenvalue weighted by Gasteiger charge is -2.14. The molecule has 2 aromatic carbocycles. The van der Waals surface area contributed by atoms with Crippen molar-refractivity contribution in [1.82, 2.24) is 0 Å². The van der Waals surface area contributed by atoms with Crippen LogP contribution in [0.5, 0.6) is 17.2 Å². The second kappa shape index (κ2) is 9.54. The number of carbonyl (C=O) groups is 1. The predicted octanol–water partition coefficient (Wildman–Crippen LogP) is 4.29. The molecule has 0 atom stereocenters. The fourth-order valence-electron chi connectivity index (χ4n) is 2.18. The van der Waals surface area contributed by atoms with Gasteiger partial charge in [-0.1, -0.05) is 24.6 Å². The molecule has 0 fully saturated rings. The molecule has 0 saturated heterocycles. The van der Waals surface area contributed by atoms with E-state index < -0.39 is 0 Å². The van der Waals surface area contributed by atoms with E-state index in [-0.39, 0.29) is 12.5 Å². The smallest absolute Gasteiger partial charge is 0.255 e. The van der Waals surface area contributed by atoms with Gasteiger partial charge in [-0.2, -0.15) is 5.26 Å². The quantitative estimate of drug-likeness (QED) is 0.745. The van der Waals surface area contributed by atoms with Crippen molar-refractivity contribution in [3.05, 3.63) is 47.0 Å². The number of ether oxygens (including phenoxy) is 3. The first-order valence-electron chi connectivity index (χ1n) is 8.00. The molecule has 0 aliphatic carbocycles. The van der Waals surface area contributed by atoms with E-state index in [0.29, 0.717) is 40.1 Å². The molecular formula is C19H19ClN2O4. The number of halogens is 1. The molecule has 26 heavy (non-hydrogen) atoms. The van der Waals surface area contributed by atoms with Crippen LogP contribution in [0, 0.1) is 11.3 Å². The van der Waals surface area contributed by atoms with Gasteiger partial charge in [0, 0.05) is 17.3 Å². The summed E-state index contributed by atoms with van der Waals surface area (Å²) in [5.74, 6) is 0.939. The summed E-state index contributed by atoms with van der Waals surface area (Å²) in [5.41, 5.74) is 0.867. The Kier molecular flexibility index (Phi) is 7.12. The summed E-state index contributed by atoms with van der Waals surface area (Å²) >= 11 is 6.24. The van der Waals surface area contributed by atoms with E-state index in [2.05, 4.69) is 5.32 Å². The average molecular weight is 375 g/mol. The fourth-order valence-corrected chi connectivity index (χ4v) is 2.44. The van der Waals surface area contributed by atoms with Crippen molar-refractivity contribution < 1.29 is 19.0 Å². The largest absolute Gasteiger partial charge is 0.493 e. The summed E-state index contributed by atoms with van der Waals surface area (Å²) < 4.78 is 16.1. The van der Waals surface area contributed by atoms with Crippen molar-refractivity contribution in [3.8, 4) is 23.3 Å². The molecule has 0 bridgehead atoms. The highest BCUT2D eigenvalue weighted by Gasteiger charge is 2.16. The number of benzene rings is 2. The van der Waals surface area contributed by atoms with Crippen molar-refractivity contribution in [2.75, 3.05) is 25.6 Å². The maximum absolute atomic E-state index is 12.5. The van der Waals surface area contributed by atoms with E-state index in [0.717, 1.165) is 6.42 Å². The van der Waals surface area contributed by atoms with Gasteiger partial charge in [0.15, 0.2) is 18.1 Å². The molecule has 0 aromatic heterocycles. The van der Waals surface area contributed by atoms with Crippen LogP contribution in [0.2, 0.25) is 5.02 Å². The maximum Gasteiger partial charge on any atom is 0.255 e. The lowest BCUT2D eigenvalue weighted by molar-refractivity contribution is 0.102. The van der Waals surface area contributed by atoms with Gasteiger partial charge in [-0.3, -0.25) is 4.79 Å². The van der Waals surface area contributed by atoms with Gasteiger partial charge in [-0.05, 0) is 30.7 Å². The van der Waals surface area contributed by atoms with E-state index in [1.54, 1.807) is 30.3 Å². The third-order valence-corrected chi connectivity index (χ3v) is 3.62. The van der Waals surface area contributed by atoms with Gasteiger partial charge in [0.25, 0.3) is 5.91 Å². The molecule has 1 N–H and O–H groups in total. The molecule has 0 aliphatic heterocycles. The van der Waals surface area contributed by atoms with Gasteiger partial charge in [-0.15, -0.1) is 0 Å². The van der Waals surface area contributed by atoms with Crippen LogP contribution in [-0.4, -0.2) is 26.2 Å². The van der Waals surface area contributed by atoms with Crippen molar-refractivity contribution in [3.63, 3.8) is 0 Å². The highest BCUT2D eigenvalue weighted by Crippen LogP contribution is 2.36. The van der Waals surface area contributed by atoms with E-state index in [1.165, 1.54) is 13.2 Å². The van der Waals surface area contributed by atoms with Gasteiger partial charge >= 0.3 is 0 Å². The van der Waals surface area contributed by atoms with Gasteiger partial charge in [-0.25, -0.2) is 0 Å². The number of nitriles is 1. The molecule has 2 aromatic rings. The number of nitrogens with one attached hydrogen (secondary N) is 1. The third-order valence-electron chi connectivity index (χ3n) is 3.34. The number of hydrogen-bond donors (Lipinski definition) is 1. The monoisotopic (exact) mass is 374 g/mol. The van der Waals surface area contributed by atoms with Crippen LogP contribution in [0.4, 0.5) is 5.69 Å². The summed E-state index contributed by atoms with van der Waals surface area (Å²) in [7, 11) is 1.49. The zero-order valence-corrected chi connectivity index (χ0v) is 15.3. The van der Waals surface area contributed by atoms with Crippen LogP contribution in [0.15, 0.2) is 36.4 Å². The first kappa shape index (κ1) is 19.4. The molecule has 0 unspecified atom stereocenters. The Balaban J connectivity index is 2.19. The van der Waals surface area contributed by atoms with Crippen LogP contribution in [0.3, 0.4) is 0 Å². The molecule has 0 radical (unpaired) electrons. The minimum absolute atomic E-state index is 0.0660. The molecule has 0 saturated carbocycles. The number of anilines is 1. The normalized spacial score (nSPS) is 9.92. The number of methoxy groups -OCH3 is 1. The molecule has 1 amide bonds. The SMILES string of the molecule is CCCOc1c(Cl)cc(C(=O)Nc2cccc(OCC#N)c2)cc1OC. The Morgan fingerprint density at radius 1 is 1.27 bits per heavy atom. The van der Waals surface area contributed by atoms with Crippen LogP contribution in [-0.2, 0) is 0 Å². The predicted molar refractivity (Wildman–Crippen MR) is 99.3 cm³/mol. The topological polar surface area (TPSA) is 80.6 Å². The van der Waals surface area contributed by atoms with Crippen LogP contribution in [0.25, 0.3) is 0 Å². The minimum atomic E-state index is -0.357. The average Bonchev–Trinajstić information content (AvgIpc) is 2.65. The number of hydrogen-bond acceptors (Lipinski definition) is 5. The van der Waals surface area contributed by atoms with E-state index in [1.807, 2.05) is 13.0 Å². The first-order valence-corrected chi connectivity index (χ1v) is 8.38. The molecule has 0 heterocycles. The van der Waals surface area contributed by atoms with Crippen LogP contribution in [0.1, 0.15) is 23.7 Å². The van der Waals surface area contributed by atoms with Gasteiger partial charge in [0.2, 0.25) is 0 Å². The zero-order chi connectivity index (χ0) is 18.9. The highest BCUT2D eigenvalue weighted by atomic mass is 35.5. The lowest BCUT2D eigenvalue weighted by Crippen LogP contribution is -2.12. The summed E-state index contributed by atoms with van der Waals surface area (Å²) in [6, 6.07) is 11.8. The van der Waals surface area contributed by atoms with Crippen molar-refractivity contribution >= 4 is 23.2 Å². The molecular weight excluding hydrogens is 356 g/mol. The standard InChI is InChI=1S/C19H19ClN2O4/c1-3-8-26-18-16(20)10-13(11-17(18)24-2)19(23)22-14-5-4-6-15(12-14)25-9-7-21/h4-6,10-12H,3,8-9H2,1-2H3,(H,22,23). The van der Waals surface area contributed by atoms with Crippen LogP contribution >= 0.6 is 11.6 Å². The minimum Gasteiger partial charge on any atom is -0.493 e. The summed E-state index contributed by atoms with van der Waals surface area (Å²) in [4.78, 5) is 12.5. The Bertz CT molecular complexity index is 818. The molecule has 2 rings (SSSR count). The third kappa shape index (κ3) is 5.04. The van der Waals surface area contributed by atoms with Gasteiger partial charge in [0.05, 0.1) is 18.7 Å². The Labute approximate surface area is 157 Å². The summed E-state index contributed by atoms with van der Waals surface area (Å²) in [6.45, 7) is 2.41. The first-order chi connectivity index (χ1) is 12.6. The Morgan fingerprint density at radius 2 is 2.08 bits per heavy atom. The number of amides is 1. The second-order valence-corrected chi connectivity index (χ2v) is 5.67. The molecule has 6 nitrogen and oxygen atoms in total. The molecule has 0 aliphatic rings. The molecule has 0 spiro atoms.